The third-order valence-corrected chi connectivity index (χ3v) is 14.5. The van der Waals surface area contributed by atoms with Gasteiger partial charge in [0.2, 0.25) is 0 Å². The SMILES string of the molecule is CCC(C)C1OC2(C=CC1C)CC1CC(C/C=C(/C)C(OC3CC(OC)C(OC4CC(OC)C(O)C(C)O4)C(C)O3)C(C)/C=C\C=C3\COC4C(O)C(C)=CC(C(=O)O1)C34O)O2. The zero-order valence-electron chi connectivity index (χ0n) is 38.2. The summed E-state index contributed by atoms with van der Waals surface area (Å²) in [7, 11) is 3.22. The Kier molecular flexibility index (Phi) is 15.1. The van der Waals surface area contributed by atoms with Crippen molar-refractivity contribution in [3.8, 4) is 0 Å². The molecule has 7 aliphatic rings. The number of methoxy groups -OCH3 is 2. The highest BCUT2D eigenvalue weighted by Gasteiger charge is 2.60. The molecule has 7 rings (SSSR count). The molecule has 6 aliphatic heterocycles. The molecular weight excluding hydrogens is 801 g/mol. The minimum absolute atomic E-state index is 0.0317. The molecular formula is C48H72O14. The second-order valence-corrected chi connectivity index (χ2v) is 19.0. The molecule has 6 heterocycles. The summed E-state index contributed by atoms with van der Waals surface area (Å²) < 4.78 is 63.7. The van der Waals surface area contributed by atoms with Crippen molar-refractivity contribution in [3.63, 3.8) is 0 Å². The summed E-state index contributed by atoms with van der Waals surface area (Å²) in [6, 6.07) is 0. The first-order valence-corrected chi connectivity index (χ1v) is 22.9. The summed E-state index contributed by atoms with van der Waals surface area (Å²) in [6.45, 7) is 16.1. The van der Waals surface area contributed by atoms with E-state index in [2.05, 4.69) is 39.8 Å². The molecule has 348 valence electrons. The molecule has 0 radical (unpaired) electrons. The van der Waals surface area contributed by atoms with Gasteiger partial charge in [-0.25, -0.2) is 0 Å². The van der Waals surface area contributed by atoms with Crippen LogP contribution < -0.4 is 0 Å². The minimum Gasteiger partial charge on any atom is -0.462 e. The third-order valence-electron chi connectivity index (χ3n) is 14.5. The van der Waals surface area contributed by atoms with Crippen molar-refractivity contribution >= 4 is 5.97 Å². The predicted octanol–water partition coefficient (Wildman–Crippen LogP) is 5.38. The lowest BCUT2D eigenvalue weighted by molar-refractivity contribution is -0.318. The van der Waals surface area contributed by atoms with Gasteiger partial charge >= 0.3 is 5.97 Å². The average molecular weight is 873 g/mol. The van der Waals surface area contributed by atoms with E-state index in [1.54, 1.807) is 40.2 Å². The van der Waals surface area contributed by atoms with E-state index in [1.807, 2.05) is 32.1 Å². The van der Waals surface area contributed by atoms with Crippen molar-refractivity contribution in [3.05, 3.63) is 59.3 Å². The first-order chi connectivity index (χ1) is 29.5. The van der Waals surface area contributed by atoms with Crippen LogP contribution in [0.5, 0.6) is 0 Å². The molecule has 0 saturated carbocycles. The molecule has 0 aromatic rings. The largest absolute Gasteiger partial charge is 0.462 e. The maximum atomic E-state index is 14.3. The van der Waals surface area contributed by atoms with E-state index in [0.29, 0.717) is 43.3 Å². The van der Waals surface area contributed by atoms with Crippen LogP contribution in [0, 0.1) is 23.7 Å². The summed E-state index contributed by atoms with van der Waals surface area (Å²) in [5, 5.41) is 34.2. The van der Waals surface area contributed by atoms with Crippen molar-refractivity contribution < 1.29 is 67.5 Å². The Balaban J connectivity index is 1.18. The van der Waals surface area contributed by atoms with Crippen molar-refractivity contribution in [2.75, 3.05) is 20.8 Å². The highest BCUT2D eigenvalue weighted by molar-refractivity contribution is 5.78. The van der Waals surface area contributed by atoms with E-state index in [-0.39, 0.29) is 42.7 Å². The van der Waals surface area contributed by atoms with Crippen molar-refractivity contribution in [1.82, 2.24) is 0 Å². The molecule has 0 amide bonds. The monoisotopic (exact) mass is 872 g/mol. The summed E-state index contributed by atoms with van der Waals surface area (Å²) >= 11 is 0. The topological polar surface area (TPSA) is 170 Å². The van der Waals surface area contributed by atoms with E-state index < -0.39 is 90.8 Å². The molecule has 14 nitrogen and oxygen atoms in total. The van der Waals surface area contributed by atoms with Crippen LogP contribution in [0.3, 0.4) is 0 Å². The molecule has 0 aromatic heterocycles. The highest BCUT2D eigenvalue weighted by atomic mass is 16.7. The Labute approximate surface area is 367 Å². The van der Waals surface area contributed by atoms with Gasteiger partial charge in [-0.1, -0.05) is 70.6 Å². The zero-order valence-corrected chi connectivity index (χ0v) is 38.2. The number of carbonyl (C=O) groups is 1. The maximum Gasteiger partial charge on any atom is 0.316 e. The molecule has 4 saturated heterocycles. The Morgan fingerprint density at radius 1 is 0.887 bits per heavy atom. The fourth-order valence-electron chi connectivity index (χ4n) is 10.6. The molecule has 62 heavy (non-hydrogen) atoms. The number of aliphatic hydroxyl groups excluding tert-OH is 2. The molecule has 4 fully saturated rings. The number of ether oxygens (including phenoxy) is 10. The summed E-state index contributed by atoms with van der Waals surface area (Å²) in [5.41, 5.74) is 0.134. The lowest BCUT2D eigenvalue weighted by atomic mass is 9.71. The fourth-order valence-corrected chi connectivity index (χ4v) is 10.6. The molecule has 1 aliphatic carbocycles. The van der Waals surface area contributed by atoms with Crippen molar-refractivity contribution in [2.45, 2.75) is 191 Å². The standard InChI is InChI=1S/C48H72O14/c1-11-25(2)43-28(5)17-18-47(62-43)23-34-20-33(61-47)16-15-27(4)42(26(3)13-12-14-32-24-55-45-40(49)29(6)19-35(46(51)58-34)48(32,45)52)59-39-22-37(54-10)44(31(8)57-39)60-38-21-36(53-9)41(50)30(7)56-38/h12-15,17-19,25-26,28,30-31,33-45,49-50,52H,11,16,20-24H2,1-10H3/b13-12-,27-15-,32-14-. The molecule has 20 atom stereocenters. The highest BCUT2D eigenvalue weighted by Crippen LogP contribution is 2.47. The molecule has 2 bridgehead atoms. The zero-order chi connectivity index (χ0) is 44.7. The van der Waals surface area contributed by atoms with Crippen LogP contribution >= 0.6 is 0 Å². The summed E-state index contributed by atoms with van der Waals surface area (Å²) in [4.78, 5) is 14.3. The second-order valence-electron chi connectivity index (χ2n) is 19.0. The van der Waals surface area contributed by atoms with E-state index in [9.17, 15) is 20.1 Å². The normalized spacial score (nSPS) is 49.1. The Morgan fingerprint density at radius 2 is 1.60 bits per heavy atom. The van der Waals surface area contributed by atoms with Gasteiger partial charge in [0.25, 0.3) is 0 Å². The van der Waals surface area contributed by atoms with Gasteiger partial charge in [0.15, 0.2) is 18.4 Å². The number of rotatable bonds is 8. The van der Waals surface area contributed by atoms with Crippen molar-refractivity contribution in [1.29, 1.82) is 0 Å². The summed E-state index contributed by atoms with van der Waals surface area (Å²) in [6.07, 6.45) is 8.55. The van der Waals surface area contributed by atoms with Gasteiger partial charge in [-0.3, -0.25) is 4.79 Å². The number of esters is 1. The molecule has 14 heteroatoms. The van der Waals surface area contributed by atoms with Gasteiger partial charge in [-0.05, 0) is 62.8 Å². The van der Waals surface area contributed by atoms with E-state index in [0.717, 1.165) is 12.0 Å². The van der Waals surface area contributed by atoms with Crippen LogP contribution in [-0.4, -0.2) is 139 Å². The minimum atomic E-state index is -1.84. The second kappa shape index (κ2) is 19.7. The number of carbonyl (C=O) groups excluding carboxylic acids is 1. The maximum absolute atomic E-state index is 14.3. The quantitative estimate of drug-likeness (QED) is 0.210. The number of fused-ring (bicyclic) bond motifs is 2. The van der Waals surface area contributed by atoms with Gasteiger partial charge in [-0.2, -0.15) is 0 Å². The van der Waals surface area contributed by atoms with Crippen molar-refractivity contribution in [2.24, 2.45) is 23.7 Å². The predicted molar refractivity (Wildman–Crippen MR) is 227 cm³/mol. The number of hydrogen-bond donors (Lipinski definition) is 3. The van der Waals surface area contributed by atoms with Gasteiger partial charge in [-0.15, -0.1) is 0 Å². The Morgan fingerprint density at radius 3 is 2.32 bits per heavy atom. The van der Waals surface area contributed by atoms with Gasteiger partial charge in [0.1, 0.15) is 42.0 Å². The van der Waals surface area contributed by atoms with Gasteiger partial charge < -0.3 is 62.7 Å². The van der Waals surface area contributed by atoms with E-state index in [4.69, 9.17) is 47.4 Å². The first kappa shape index (κ1) is 47.6. The molecule has 0 aromatic carbocycles. The van der Waals surface area contributed by atoms with Crippen LogP contribution in [0.1, 0.15) is 93.9 Å². The average Bonchev–Trinajstić information content (AvgIpc) is 3.58. The van der Waals surface area contributed by atoms with Crippen LogP contribution in [-0.2, 0) is 52.2 Å². The van der Waals surface area contributed by atoms with Crippen LogP contribution in [0.15, 0.2) is 59.3 Å². The van der Waals surface area contributed by atoms with Crippen LogP contribution in [0.25, 0.3) is 0 Å². The van der Waals surface area contributed by atoms with E-state index >= 15 is 0 Å². The van der Waals surface area contributed by atoms with Crippen LogP contribution in [0.4, 0.5) is 0 Å². The van der Waals surface area contributed by atoms with E-state index in [1.165, 1.54) is 0 Å². The Hall–Kier alpha value is -2.31. The summed E-state index contributed by atoms with van der Waals surface area (Å²) in [5.74, 6) is -2.56. The number of allylic oxidation sites excluding steroid dienone is 2. The fraction of sp³-hybridized carbons (Fsp3) is 0.771. The lowest BCUT2D eigenvalue weighted by Gasteiger charge is -2.48. The Bertz CT molecular complexity index is 1730. The number of aliphatic hydroxyl groups is 3. The molecule has 3 N–H and O–H groups in total. The van der Waals surface area contributed by atoms with Crippen LogP contribution in [0.2, 0.25) is 0 Å². The molecule has 20 unspecified atom stereocenters. The molecule has 1 spiro atoms. The van der Waals surface area contributed by atoms with Gasteiger partial charge in [0, 0.05) is 51.7 Å². The lowest BCUT2D eigenvalue weighted by Crippen LogP contribution is -2.58. The third kappa shape index (κ3) is 9.64. The first-order valence-electron chi connectivity index (χ1n) is 22.9. The van der Waals surface area contributed by atoms with Gasteiger partial charge in [0.05, 0.1) is 49.3 Å². The number of hydrogen-bond acceptors (Lipinski definition) is 14. The smallest absolute Gasteiger partial charge is 0.316 e.